The summed E-state index contributed by atoms with van der Waals surface area (Å²) in [7, 11) is -4.76. The normalized spacial score (nSPS) is 20.3. The van der Waals surface area contributed by atoms with Gasteiger partial charge in [0.05, 0.1) is 36.6 Å². The van der Waals surface area contributed by atoms with Gasteiger partial charge >= 0.3 is 7.82 Å². The highest BCUT2D eigenvalue weighted by molar-refractivity contribution is 7.47. The quantitative estimate of drug-likeness (QED) is 0.0557. The first kappa shape index (κ1) is 42.3. The molecule has 2 aromatic heterocycles. The SMILES string of the molecule is CCCCCCCCCCCCCCCC[C@H](COP(=O)(O)OC[C@@]1(C#N)O[C@@H](c2ccc3c(N)ncnn23)C[C@@H]1O)OCc1cc(F)cc(C#N)c1. The highest BCUT2D eigenvalue weighted by atomic mass is 31.2. The van der Waals surface area contributed by atoms with Crippen molar-refractivity contribution in [2.45, 2.75) is 140 Å². The van der Waals surface area contributed by atoms with Crippen molar-refractivity contribution >= 4 is 19.2 Å². The molecule has 5 atom stereocenters. The van der Waals surface area contributed by atoms with Gasteiger partial charge in [-0.15, -0.1) is 0 Å². The first-order valence-corrected chi connectivity index (χ1v) is 20.4. The van der Waals surface area contributed by atoms with Gasteiger partial charge in [-0.05, 0) is 42.3 Å². The van der Waals surface area contributed by atoms with E-state index in [0.29, 0.717) is 23.2 Å². The molecule has 53 heavy (non-hydrogen) atoms. The van der Waals surface area contributed by atoms with E-state index in [1.165, 1.54) is 87.2 Å². The van der Waals surface area contributed by atoms with Crippen molar-refractivity contribution in [1.82, 2.24) is 14.6 Å². The summed E-state index contributed by atoms with van der Waals surface area (Å²) < 4.78 is 51.1. The van der Waals surface area contributed by atoms with E-state index >= 15 is 0 Å². The lowest BCUT2D eigenvalue weighted by Gasteiger charge is -2.26. The van der Waals surface area contributed by atoms with E-state index in [2.05, 4.69) is 17.0 Å². The average molecular weight is 757 g/mol. The molecule has 1 aliphatic rings. The van der Waals surface area contributed by atoms with Crippen LogP contribution in [-0.4, -0.2) is 55.6 Å². The number of fused-ring (bicyclic) bond motifs is 1. The highest BCUT2D eigenvalue weighted by Crippen LogP contribution is 2.47. The fourth-order valence-corrected chi connectivity index (χ4v) is 7.40. The summed E-state index contributed by atoms with van der Waals surface area (Å²) in [5, 5.41) is 34.3. The summed E-state index contributed by atoms with van der Waals surface area (Å²) in [5.74, 6) is -0.323. The average Bonchev–Trinajstić information content (AvgIpc) is 3.73. The molecule has 0 saturated carbocycles. The van der Waals surface area contributed by atoms with Crippen molar-refractivity contribution < 1.29 is 37.5 Å². The summed E-state index contributed by atoms with van der Waals surface area (Å²) in [6.07, 6.45) is 15.8. The van der Waals surface area contributed by atoms with Crippen LogP contribution in [0, 0.1) is 28.5 Å². The summed E-state index contributed by atoms with van der Waals surface area (Å²) in [6, 6.07) is 11.1. The number of anilines is 1. The number of aromatic nitrogens is 3. The number of unbranched alkanes of at least 4 members (excludes halogenated alkanes) is 13. The van der Waals surface area contributed by atoms with Gasteiger partial charge in [0.1, 0.15) is 42.5 Å². The molecule has 3 aromatic rings. The minimum absolute atomic E-state index is 0.00771. The van der Waals surface area contributed by atoms with Crippen LogP contribution in [0.1, 0.15) is 133 Å². The lowest BCUT2D eigenvalue weighted by Crippen LogP contribution is -2.42. The van der Waals surface area contributed by atoms with E-state index in [9.17, 15) is 29.5 Å². The minimum Gasteiger partial charge on any atom is -0.389 e. The number of aliphatic hydroxyl groups is 1. The zero-order valence-corrected chi connectivity index (χ0v) is 31.6. The number of benzene rings is 1. The summed E-state index contributed by atoms with van der Waals surface area (Å²) in [4.78, 5) is 14.6. The third-order valence-electron chi connectivity index (χ3n) is 9.68. The molecule has 3 heterocycles. The van der Waals surface area contributed by atoms with Gasteiger partial charge in [0.15, 0.2) is 5.82 Å². The van der Waals surface area contributed by atoms with Gasteiger partial charge in [-0.1, -0.05) is 96.8 Å². The molecule has 15 heteroatoms. The van der Waals surface area contributed by atoms with Crippen molar-refractivity contribution in [3.63, 3.8) is 0 Å². The number of phosphoric acid groups is 1. The van der Waals surface area contributed by atoms with Crippen molar-refractivity contribution in [3.05, 3.63) is 59.3 Å². The molecule has 0 bridgehead atoms. The Labute approximate surface area is 311 Å². The van der Waals surface area contributed by atoms with Gasteiger partial charge in [0.2, 0.25) is 5.60 Å². The van der Waals surface area contributed by atoms with Gasteiger partial charge in [-0.2, -0.15) is 15.6 Å². The van der Waals surface area contributed by atoms with Crippen LogP contribution in [0.5, 0.6) is 0 Å². The van der Waals surface area contributed by atoms with Crippen molar-refractivity contribution in [2.75, 3.05) is 18.9 Å². The molecule has 0 aliphatic carbocycles. The minimum atomic E-state index is -4.76. The molecule has 0 amide bonds. The maximum Gasteiger partial charge on any atom is 0.472 e. The first-order chi connectivity index (χ1) is 25.6. The number of nitrogens with two attached hydrogens (primary N) is 1. The van der Waals surface area contributed by atoms with Crippen LogP contribution in [0.2, 0.25) is 0 Å². The first-order valence-electron chi connectivity index (χ1n) is 18.9. The molecule has 0 spiro atoms. The Morgan fingerprint density at radius 1 is 1.04 bits per heavy atom. The monoisotopic (exact) mass is 756 g/mol. The topological polar surface area (TPSA) is 198 Å². The smallest absolute Gasteiger partial charge is 0.389 e. The Balaban J connectivity index is 1.25. The van der Waals surface area contributed by atoms with Crippen LogP contribution in [0.4, 0.5) is 10.2 Å². The number of nitriles is 2. The van der Waals surface area contributed by atoms with Crippen LogP contribution < -0.4 is 5.73 Å². The van der Waals surface area contributed by atoms with E-state index in [1.54, 1.807) is 12.1 Å². The Bertz CT molecular complexity index is 1710. The zero-order chi connectivity index (χ0) is 38.1. The lowest BCUT2D eigenvalue weighted by molar-refractivity contribution is -0.0763. The zero-order valence-electron chi connectivity index (χ0n) is 30.7. The second kappa shape index (κ2) is 21.4. The predicted molar refractivity (Wildman–Crippen MR) is 197 cm³/mol. The molecule has 13 nitrogen and oxygen atoms in total. The molecule has 1 fully saturated rings. The fraction of sp³-hybridized carbons (Fsp3) is 0.632. The van der Waals surface area contributed by atoms with Crippen LogP contribution in [0.15, 0.2) is 36.7 Å². The van der Waals surface area contributed by atoms with Gasteiger partial charge in [0.25, 0.3) is 0 Å². The Morgan fingerprint density at radius 2 is 1.70 bits per heavy atom. The lowest BCUT2D eigenvalue weighted by atomic mass is 9.99. The number of ether oxygens (including phenoxy) is 2. The molecule has 1 aromatic carbocycles. The molecular formula is C38H54FN6O7P. The number of nitrogen functional groups attached to an aromatic ring is 1. The van der Waals surface area contributed by atoms with Crippen molar-refractivity contribution in [2.24, 2.45) is 0 Å². The number of nitrogens with zero attached hydrogens (tertiary/aromatic N) is 5. The van der Waals surface area contributed by atoms with Crippen LogP contribution in [-0.2, 0) is 29.7 Å². The van der Waals surface area contributed by atoms with Crippen molar-refractivity contribution in [1.29, 1.82) is 10.5 Å². The van der Waals surface area contributed by atoms with E-state index in [-0.39, 0.29) is 31.0 Å². The van der Waals surface area contributed by atoms with E-state index in [4.69, 9.17) is 24.3 Å². The van der Waals surface area contributed by atoms with Gasteiger partial charge < -0.3 is 25.2 Å². The van der Waals surface area contributed by atoms with Gasteiger partial charge in [-0.3, -0.25) is 9.05 Å². The largest absolute Gasteiger partial charge is 0.472 e. The van der Waals surface area contributed by atoms with E-state index < -0.39 is 44.2 Å². The van der Waals surface area contributed by atoms with Crippen molar-refractivity contribution in [3.8, 4) is 12.1 Å². The Hall–Kier alpha value is -3.46. The van der Waals surface area contributed by atoms with E-state index in [1.807, 2.05) is 12.1 Å². The maximum absolute atomic E-state index is 14.0. The molecule has 0 radical (unpaired) electrons. The van der Waals surface area contributed by atoms with Gasteiger partial charge in [-0.25, -0.2) is 18.5 Å². The Kier molecular flexibility index (Phi) is 17.1. The number of rotatable bonds is 25. The third kappa shape index (κ3) is 13.1. The summed E-state index contributed by atoms with van der Waals surface area (Å²) >= 11 is 0. The third-order valence-corrected chi connectivity index (χ3v) is 10.6. The number of phosphoric ester groups is 1. The van der Waals surface area contributed by atoms with E-state index in [0.717, 1.165) is 31.7 Å². The molecule has 1 saturated heterocycles. The van der Waals surface area contributed by atoms with Crippen LogP contribution >= 0.6 is 7.82 Å². The standard InChI is InChI=1S/C38H54FN6O7P/c1-2-3-4-5-6-7-8-9-10-11-12-13-14-15-16-32(49-24-30-19-29(23-40)20-31(39)21-30)25-50-53(47,48)51-27-38(26-41)36(46)22-35(52-38)33-17-18-34-37(42)43-28-44-45(33)34/h17-21,28,32,35-36,46H,2-16,22,24-25,27H2,1H3,(H,47,48)(H2,42,43,44)/t32-,35-,36+,38-/m1/s1. The summed E-state index contributed by atoms with van der Waals surface area (Å²) in [5.41, 5.74) is 5.59. The number of hydrogen-bond acceptors (Lipinski definition) is 11. The molecule has 4 rings (SSSR count). The van der Waals surface area contributed by atoms with Crippen LogP contribution in [0.25, 0.3) is 5.52 Å². The number of halogens is 1. The predicted octanol–water partition coefficient (Wildman–Crippen LogP) is 8.00. The Morgan fingerprint density at radius 3 is 2.34 bits per heavy atom. The molecular weight excluding hydrogens is 702 g/mol. The number of hydrogen-bond donors (Lipinski definition) is 3. The summed E-state index contributed by atoms with van der Waals surface area (Å²) in [6.45, 7) is 1.12. The molecule has 1 aliphatic heterocycles. The second-order valence-electron chi connectivity index (χ2n) is 13.9. The molecule has 4 N–H and O–H groups in total. The molecule has 1 unspecified atom stereocenters. The number of aliphatic hydroxyl groups excluding tert-OH is 1. The second-order valence-corrected chi connectivity index (χ2v) is 15.3. The molecule has 290 valence electrons. The van der Waals surface area contributed by atoms with Crippen LogP contribution in [0.3, 0.4) is 0 Å². The highest BCUT2D eigenvalue weighted by Gasteiger charge is 2.51. The fourth-order valence-electron chi connectivity index (χ4n) is 6.62. The maximum atomic E-state index is 14.0. The van der Waals surface area contributed by atoms with Gasteiger partial charge in [0, 0.05) is 6.42 Å².